The lowest BCUT2D eigenvalue weighted by molar-refractivity contribution is -0.139. The van der Waals surface area contributed by atoms with Crippen LogP contribution in [0.2, 0.25) is 5.02 Å². The van der Waals surface area contributed by atoms with E-state index in [2.05, 4.69) is 17.4 Å². The minimum absolute atomic E-state index is 0.0320. The third-order valence-electron chi connectivity index (χ3n) is 7.00. The Hall–Kier alpha value is -3.63. The first-order chi connectivity index (χ1) is 17.5. The second-order valence-corrected chi connectivity index (χ2v) is 9.73. The Bertz CT molecular complexity index is 1340. The molecule has 0 amide bonds. The van der Waals surface area contributed by atoms with Gasteiger partial charge in [-0.3, -0.25) is 4.79 Å². The molecule has 0 bridgehead atoms. The van der Waals surface area contributed by atoms with Gasteiger partial charge in [0.25, 0.3) is 0 Å². The van der Waals surface area contributed by atoms with Crippen molar-refractivity contribution in [2.75, 3.05) is 6.61 Å². The fourth-order valence-electron chi connectivity index (χ4n) is 5.27. The minimum atomic E-state index is -0.566. The molecule has 2 aliphatic rings. The first kappa shape index (κ1) is 24.1. The number of allylic oxidation sites excluding steroid dienone is 3. The van der Waals surface area contributed by atoms with Gasteiger partial charge in [-0.1, -0.05) is 90.5 Å². The molecule has 2 atom stereocenters. The maximum atomic E-state index is 13.7. The molecule has 3 aromatic rings. The molecule has 4 nitrogen and oxygen atoms in total. The number of esters is 1. The van der Waals surface area contributed by atoms with Gasteiger partial charge in [0.2, 0.25) is 0 Å². The number of ether oxygens (including phenoxy) is 1. The topological polar surface area (TPSA) is 55.4 Å². The van der Waals surface area contributed by atoms with Gasteiger partial charge in [0.05, 0.1) is 12.2 Å². The molecular weight excluding hydrogens is 470 g/mol. The number of rotatable bonds is 6. The molecule has 1 aliphatic carbocycles. The Kier molecular flexibility index (Phi) is 7.06. The quantitative estimate of drug-likeness (QED) is 0.395. The number of carbonyl (C=O) groups is 2. The van der Waals surface area contributed by atoms with Crippen LogP contribution in [0.25, 0.3) is 0 Å². The number of hydrogen-bond acceptors (Lipinski definition) is 4. The highest BCUT2D eigenvalue weighted by Gasteiger charge is 2.42. The molecule has 0 radical (unpaired) electrons. The van der Waals surface area contributed by atoms with Crippen LogP contribution in [0.3, 0.4) is 0 Å². The highest BCUT2D eigenvalue weighted by Crippen LogP contribution is 2.47. The SMILES string of the molecule is CC1=C(C(=O)OCCc2ccccc2)[C@@H](c2ccccc2Cl)C2=C(C[C@@H](c3ccccc3)CC2=O)N1. The van der Waals surface area contributed by atoms with Crippen LogP contribution in [-0.4, -0.2) is 18.4 Å². The van der Waals surface area contributed by atoms with Crippen molar-refractivity contribution in [2.45, 2.75) is 38.0 Å². The average molecular weight is 498 g/mol. The Labute approximate surface area is 216 Å². The van der Waals surface area contributed by atoms with Crippen LogP contribution in [0.5, 0.6) is 0 Å². The molecule has 0 saturated carbocycles. The van der Waals surface area contributed by atoms with Crippen molar-refractivity contribution >= 4 is 23.4 Å². The van der Waals surface area contributed by atoms with Crippen LogP contribution < -0.4 is 5.32 Å². The normalized spacial score (nSPS) is 19.6. The van der Waals surface area contributed by atoms with Gasteiger partial charge in [-0.2, -0.15) is 0 Å². The van der Waals surface area contributed by atoms with Crippen LogP contribution in [0.15, 0.2) is 107 Å². The van der Waals surface area contributed by atoms with Gasteiger partial charge in [-0.05, 0) is 42.0 Å². The van der Waals surface area contributed by atoms with Crippen LogP contribution in [0.4, 0.5) is 0 Å². The summed E-state index contributed by atoms with van der Waals surface area (Å²) in [6.45, 7) is 2.13. The monoisotopic (exact) mass is 497 g/mol. The summed E-state index contributed by atoms with van der Waals surface area (Å²) in [5.74, 6) is -0.873. The molecule has 5 heteroatoms. The molecule has 1 N–H and O–H groups in total. The Morgan fingerprint density at radius 3 is 2.33 bits per heavy atom. The molecule has 1 heterocycles. The maximum absolute atomic E-state index is 13.7. The first-order valence-corrected chi connectivity index (χ1v) is 12.6. The third-order valence-corrected chi connectivity index (χ3v) is 7.35. The molecule has 0 spiro atoms. The molecule has 3 aromatic carbocycles. The molecule has 1 aliphatic heterocycles. The highest BCUT2D eigenvalue weighted by atomic mass is 35.5. The highest BCUT2D eigenvalue weighted by molar-refractivity contribution is 6.31. The van der Waals surface area contributed by atoms with Gasteiger partial charge in [-0.25, -0.2) is 4.79 Å². The van der Waals surface area contributed by atoms with Gasteiger partial charge in [0.15, 0.2) is 5.78 Å². The van der Waals surface area contributed by atoms with Gasteiger partial charge in [0.1, 0.15) is 0 Å². The van der Waals surface area contributed by atoms with E-state index in [1.54, 1.807) is 6.07 Å². The van der Waals surface area contributed by atoms with Gasteiger partial charge in [-0.15, -0.1) is 0 Å². The van der Waals surface area contributed by atoms with Gasteiger partial charge in [0, 0.05) is 40.7 Å². The Balaban J connectivity index is 1.47. The lowest BCUT2D eigenvalue weighted by Crippen LogP contribution is -2.36. The third kappa shape index (κ3) is 4.87. The zero-order chi connectivity index (χ0) is 25.1. The second kappa shape index (κ2) is 10.5. The van der Waals surface area contributed by atoms with Gasteiger partial charge < -0.3 is 10.1 Å². The first-order valence-electron chi connectivity index (χ1n) is 12.3. The number of hydrogen-bond donors (Lipinski definition) is 1. The van der Waals surface area contributed by atoms with Crippen molar-refractivity contribution in [3.8, 4) is 0 Å². The van der Waals surface area contributed by atoms with E-state index < -0.39 is 11.9 Å². The summed E-state index contributed by atoms with van der Waals surface area (Å²) >= 11 is 6.63. The zero-order valence-electron chi connectivity index (χ0n) is 20.2. The number of Topliss-reactive ketones (excluding diaryl/α,β-unsaturated/α-hetero) is 1. The Morgan fingerprint density at radius 1 is 0.944 bits per heavy atom. The minimum Gasteiger partial charge on any atom is -0.462 e. The van der Waals surface area contributed by atoms with E-state index in [0.717, 1.165) is 22.4 Å². The fraction of sp³-hybridized carbons (Fsp3) is 0.226. The number of nitrogens with one attached hydrogen (secondary N) is 1. The number of dihydropyridines is 1. The van der Waals surface area contributed by atoms with Crippen molar-refractivity contribution in [3.05, 3.63) is 129 Å². The summed E-state index contributed by atoms with van der Waals surface area (Å²) in [6.07, 6.45) is 1.70. The molecule has 0 aromatic heterocycles. The molecule has 36 heavy (non-hydrogen) atoms. The smallest absolute Gasteiger partial charge is 0.336 e. The fourth-order valence-corrected chi connectivity index (χ4v) is 5.52. The predicted octanol–water partition coefficient (Wildman–Crippen LogP) is 6.49. The maximum Gasteiger partial charge on any atom is 0.336 e. The molecular formula is C31H28ClNO3. The van der Waals surface area contributed by atoms with Gasteiger partial charge >= 0.3 is 5.97 Å². The summed E-state index contributed by atoms with van der Waals surface area (Å²) in [5, 5.41) is 3.93. The van der Waals surface area contributed by atoms with Crippen molar-refractivity contribution in [3.63, 3.8) is 0 Å². The lowest BCUT2D eigenvalue weighted by atomic mass is 9.71. The van der Waals surface area contributed by atoms with E-state index >= 15 is 0 Å². The van der Waals surface area contributed by atoms with E-state index in [1.807, 2.05) is 73.7 Å². The van der Waals surface area contributed by atoms with E-state index in [1.165, 1.54) is 0 Å². The number of halogens is 1. The van der Waals surface area contributed by atoms with E-state index in [-0.39, 0.29) is 18.3 Å². The lowest BCUT2D eigenvalue weighted by Gasteiger charge is -2.37. The summed E-state index contributed by atoms with van der Waals surface area (Å²) in [7, 11) is 0. The molecule has 0 unspecified atom stereocenters. The number of carbonyl (C=O) groups excluding carboxylic acids is 2. The number of ketones is 1. The molecule has 182 valence electrons. The zero-order valence-corrected chi connectivity index (χ0v) is 20.9. The van der Waals surface area contributed by atoms with Crippen LogP contribution in [0, 0.1) is 0 Å². The summed E-state index contributed by atoms with van der Waals surface area (Å²) in [6, 6.07) is 27.4. The summed E-state index contributed by atoms with van der Waals surface area (Å²) < 4.78 is 5.74. The summed E-state index contributed by atoms with van der Waals surface area (Å²) in [5.41, 5.74) is 5.61. The average Bonchev–Trinajstić information content (AvgIpc) is 2.89. The van der Waals surface area contributed by atoms with Crippen molar-refractivity contribution in [2.24, 2.45) is 0 Å². The van der Waals surface area contributed by atoms with Crippen molar-refractivity contribution < 1.29 is 14.3 Å². The molecule has 5 rings (SSSR count). The van der Waals surface area contributed by atoms with Crippen LogP contribution in [-0.2, 0) is 20.7 Å². The van der Waals surface area contributed by atoms with Crippen LogP contribution >= 0.6 is 11.6 Å². The molecule has 0 fully saturated rings. The predicted molar refractivity (Wildman–Crippen MR) is 142 cm³/mol. The summed E-state index contributed by atoms with van der Waals surface area (Å²) in [4.78, 5) is 27.1. The van der Waals surface area contributed by atoms with E-state index in [0.29, 0.717) is 41.1 Å². The van der Waals surface area contributed by atoms with E-state index in [4.69, 9.17) is 16.3 Å². The second-order valence-electron chi connectivity index (χ2n) is 9.32. The number of benzene rings is 3. The largest absolute Gasteiger partial charge is 0.462 e. The van der Waals surface area contributed by atoms with Crippen LogP contribution in [0.1, 0.15) is 48.3 Å². The molecule has 0 saturated heterocycles. The van der Waals surface area contributed by atoms with E-state index in [9.17, 15) is 9.59 Å². The van der Waals surface area contributed by atoms with Crippen molar-refractivity contribution in [1.29, 1.82) is 0 Å². The Morgan fingerprint density at radius 2 is 1.61 bits per heavy atom. The standard InChI is InChI=1S/C31H28ClNO3/c1-20-28(31(35)36-17-16-21-10-4-2-5-11-21)29(24-14-8-9-15-25(24)32)30-26(33-20)18-23(19-27(30)34)22-12-6-3-7-13-22/h2-15,23,29,33H,16-19H2,1H3/t23-,29-/m1/s1. The van der Waals surface area contributed by atoms with Crippen molar-refractivity contribution in [1.82, 2.24) is 5.32 Å².